The number of nitrogens with zero attached hydrogens (tertiary/aromatic N) is 1. The molecule has 1 rings (SSSR count). The number of esters is 1. The number of aliphatic hydroxyl groups is 1. The standard InChI is InChI=1S/C13H21NO3/c1-9-6-11(8-14(9)7-10(2)15)12(16)17-13(3,4)5/h6,8,10,15H,7H2,1-5H3. The van der Waals surface area contributed by atoms with Crippen LogP contribution in [0.15, 0.2) is 12.3 Å². The lowest BCUT2D eigenvalue weighted by Gasteiger charge is -2.18. The molecule has 0 radical (unpaired) electrons. The first-order chi connectivity index (χ1) is 7.69. The maximum atomic E-state index is 11.8. The predicted molar refractivity (Wildman–Crippen MR) is 66.0 cm³/mol. The zero-order valence-electron chi connectivity index (χ0n) is 11.2. The molecule has 17 heavy (non-hydrogen) atoms. The first-order valence-corrected chi connectivity index (χ1v) is 5.77. The summed E-state index contributed by atoms with van der Waals surface area (Å²) in [6, 6.07) is 1.77. The van der Waals surface area contributed by atoms with Gasteiger partial charge in [0, 0.05) is 18.4 Å². The Kier molecular flexibility index (Phi) is 3.98. The Hall–Kier alpha value is -1.29. The van der Waals surface area contributed by atoms with Crippen LogP contribution in [0, 0.1) is 6.92 Å². The summed E-state index contributed by atoms with van der Waals surface area (Å²) in [7, 11) is 0. The number of rotatable bonds is 3. The van der Waals surface area contributed by atoms with Gasteiger partial charge in [-0.2, -0.15) is 0 Å². The van der Waals surface area contributed by atoms with Crippen LogP contribution in [0.4, 0.5) is 0 Å². The van der Waals surface area contributed by atoms with E-state index in [1.165, 1.54) is 0 Å². The molecule has 1 aromatic rings. The zero-order valence-corrected chi connectivity index (χ0v) is 11.2. The molecular formula is C13H21NO3. The van der Waals surface area contributed by atoms with E-state index in [0.717, 1.165) is 5.69 Å². The van der Waals surface area contributed by atoms with Crippen molar-refractivity contribution in [1.29, 1.82) is 0 Å². The second-order valence-electron chi connectivity index (χ2n) is 5.37. The maximum Gasteiger partial charge on any atom is 0.340 e. The highest BCUT2D eigenvalue weighted by Gasteiger charge is 2.19. The van der Waals surface area contributed by atoms with Gasteiger partial charge in [0.2, 0.25) is 0 Å². The van der Waals surface area contributed by atoms with Crippen molar-refractivity contribution in [2.45, 2.75) is 52.9 Å². The Morgan fingerprint density at radius 1 is 1.53 bits per heavy atom. The molecule has 1 aromatic heterocycles. The van der Waals surface area contributed by atoms with Crippen molar-refractivity contribution in [3.8, 4) is 0 Å². The van der Waals surface area contributed by atoms with E-state index in [1.54, 1.807) is 19.2 Å². The van der Waals surface area contributed by atoms with Crippen LogP contribution in [-0.4, -0.2) is 27.3 Å². The summed E-state index contributed by atoms with van der Waals surface area (Å²) in [6.07, 6.45) is 1.28. The highest BCUT2D eigenvalue weighted by molar-refractivity contribution is 5.89. The number of aromatic nitrogens is 1. The molecule has 0 aliphatic rings. The fraction of sp³-hybridized carbons (Fsp3) is 0.615. The highest BCUT2D eigenvalue weighted by atomic mass is 16.6. The minimum Gasteiger partial charge on any atom is -0.456 e. The van der Waals surface area contributed by atoms with Crippen molar-refractivity contribution >= 4 is 5.97 Å². The van der Waals surface area contributed by atoms with Crippen molar-refractivity contribution < 1.29 is 14.6 Å². The summed E-state index contributed by atoms with van der Waals surface area (Å²) in [5, 5.41) is 9.33. The molecule has 0 spiro atoms. The molecule has 1 atom stereocenters. The fourth-order valence-electron chi connectivity index (χ4n) is 1.54. The van der Waals surface area contributed by atoms with Crippen LogP contribution in [0.5, 0.6) is 0 Å². The van der Waals surface area contributed by atoms with Gasteiger partial charge in [-0.25, -0.2) is 4.79 Å². The normalized spacial score (nSPS) is 13.5. The minimum atomic E-state index is -0.489. The van der Waals surface area contributed by atoms with Crippen molar-refractivity contribution in [1.82, 2.24) is 4.57 Å². The first-order valence-electron chi connectivity index (χ1n) is 5.77. The van der Waals surface area contributed by atoms with Crippen LogP contribution in [0.25, 0.3) is 0 Å². The molecule has 1 unspecified atom stereocenters. The predicted octanol–water partition coefficient (Wildman–Crippen LogP) is 2.13. The van der Waals surface area contributed by atoms with Crippen molar-refractivity contribution in [2.24, 2.45) is 0 Å². The lowest BCUT2D eigenvalue weighted by Crippen LogP contribution is -2.23. The number of hydrogen-bond donors (Lipinski definition) is 1. The number of hydrogen-bond acceptors (Lipinski definition) is 3. The van der Waals surface area contributed by atoms with E-state index >= 15 is 0 Å². The second-order valence-corrected chi connectivity index (χ2v) is 5.37. The average Bonchev–Trinajstić information content (AvgIpc) is 2.44. The highest BCUT2D eigenvalue weighted by Crippen LogP contribution is 2.15. The van der Waals surface area contributed by atoms with Crippen molar-refractivity contribution in [2.75, 3.05) is 0 Å². The van der Waals surface area contributed by atoms with Gasteiger partial charge in [0.05, 0.1) is 11.7 Å². The Morgan fingerprint density at radius 2 is 2.12 bits per heavy atom. The Bertz CT molecular complexity index is 399. The maximum absolute atomic E-state index is 11.8. The van der Waals surface area contributed by atoms with Gasteiger partial charge in [0.15, 0.2) is 0 Å². The number of carbonyl (C=O) groups excluding carboxylic acids is 1. The molecule has 0 aliphatic carbocycles. The third-order valence-electron chi connectivity index (χ3n) is 2.21. The fourth-order valence-corrected chi connectivity index (χ4v) is 1.54. The van der Waals surface area contributed by atoms with Crippen LogP contribution in [0.3, 0.4) is 0 Å². The van der Waals surface area contributed by atoms with E-state index < -0.39 is 11.7 Å². The summed E-state index contributed by atoms with van der Waals surface area (Å²) >= 11 is 0. The van der Waals surface area contributed by atoms with Crippen LogP contribution < -0.4 is 0 Å². The molecule has 0 bridgehead atoms. The number of aliphatic hydroxyl groups excluding tert-OH is 1. The monoisotopic (exact) mass is 239 g/mol. The molecule has 0 aliphatic heterocycles. The van der Waals surface area contributed by atoms with Crippen LogP contribution in [-0.2, 0) is 11.3 Å². The van der Waals surface area contributed by atoms with Gasteiger partial charge in [-0.3, -0.25) is 0 Å². The summed E-state index contributed by atoms with van der Waals surface area (Å²) in [4.78, 5) is 11.8. The Balaban J connectivity index is 2.82. The third kappa shape index (κ3) is 4.23. The molecule has 0 amide bonds. The Labute approximate surface area is 102 Å². The topological polar surface area (TPSA) is 51.5 Å². The van der Waals surface area contributed by atoms with Crippen LogP contribution in [0.2, 0.25) is 0 Å². The molecule has 0 saturated carbocycles. The SMILES string of the molecule is Cc1cc(C(=O)OC(C)(C)C)cn1CC(C)O. The summed E-state index contributed by atoms with van der Waals surface area (Å²) < 4.78 is 7.13. The minimum absolute atomic E-state index is 0.329. The summed E-state index contributed by atoms with van der Waals surface area (Å²) in [5.41, 5.74) is 0.974. The first kappa shape index (κ1) is 13.8. The summed E-state index contributed by atoms with van der Waals surface area (Å²) in [6.45, 7) is 9.61. The second kappa shape index (κ2) is 4.92. The van der Waals surface area contributed by atoms with Gasteiger partial charge in [0.1, 0.15) is 5.60 Å². The van der Waals surface area contributed by atoms with Gasteiger partial charge >= 0.3 is 5.97 Å². The van der Waals surface area contributed by atoms with Gasteiger partial charge in [-0.1, -0.05) is 0 Å². The lowest BCUT2D eigenvalue weighted by atomic mass is 10.2. The molecule has 1 N–H and O–H groups in total. The largest absolute Gasteiger partial charge is 0.456 e. The number of ether oxygens (including phenoxy) is 1. The van der Waals surface area contributed by atoms with E-state index in [4.69, 9.17) is 4.74 Å². The van der Waals surface area contributed by atoms with Gasteiger partial charge in [0.25, 0.3) is 0 Å². The molecule has 0 fully saturated rings. The number of aryl methyl sites for hydroxylation is 1. The molecule has 4 nitrogen and oxygen atoms in total. The van der Waals surface area contributed by atoms with Gasteiger partial charge in [-0.05, 0) is 40.7 Å². The van der Waals surface area contributed by atoms with Gasteiger partial charge < -0.3 is 14.4 Å². The third-order valence-corrected chi connectivity index (χ3v) is 2.21. The molecule has 4 heteroatoms. The van der Waals surface area contributed by atoms with Crippen LogP contribution >= 0.6 is 0 Å². The van der Waals surface area contributed by atoms with Crippen molar-refractivity contribution in [3.05, 3.63) is 23.5 Å². The van der Waals surface area contributed by atoms with Crippen molar-refractivity contribution in [3.63, 3.8) is 0 Å². The molecule has 96 valence electrons. The number of carbonyl (C=O) groups is 1. The van der Waals surface area contributed by atoms with E-state index in [-0.39, 0.29) is 5.97 Å². The molecule has 1 heterocycles. The smallest absolute Gasteiger partial charge is 0.340 e. The lowest BCUT2D eigenvalue weighted by molar-refractivity contribution is 0.00692. The summed E-state index contributed by atoms with van der Waals surface area (Å²) in [5.74, 6) is -0.329. The quantitative estimate of drug-likeness (QED) is 0.822. The molecule has 0 aromatic carbocycles. The van der Waals surface area contributed by atoms with E-state index in [0.29, 0.717) is 12.1 Å². The zero-order chi connectivity index (χ0) is 13.2. The molecular weight excluding hydrogens is 218 g/mol. The van der Waals surface area contributed by atoms with E-state index in [1.807, 2.05) is 32.3 Å². The van der Waals surface area contributed by atoms with Gasteiger partial charge in [-0.15, -0.1) is 0 Å². The average molecular weight is 239 g/mol. The van der Waals surface area contributed by atoms with Crippen LogP contribution in [0.1, 0.15) is 43.7 Å². The Morgan fingerprint density at radius 3 is 2.59 bits per heavy atom. The van der Waals surface area contributed by atoms with E-state index in [2.05, 4.69) is 0 Å². The van der Waals surface area contributed by atoms with E-state index in [9.17, 15) is 9.90 Å². The molecule has 0 saturated heterocycles.